The molecule has 0 bridgehead atoms. The first-order valence-electron chi connectivity index (χ1n) is 6.59. The molecule has 2 rings (SSSR count). The first-order chi connectivity index (χ1) is 9.13. The second kappa shape index (κ2) is 6.02. The number of aliphatic carboxylic acids is 1. The number of rotatable bonds is 4. The minimum Gasteiger partial charge on any atom is -0.480 e. The van der Waals surface area contributed by atoms with Gasteiger partial charge in [0.25, 0.3) is 0 Å². The fourth-order valence-electron chi connectivity index (χ4n) is 2.57. The number of halogens is 1. The molecule has 1 aliphatic heterocycles. The maximum absolute atomic E-state index is 13.7. The van der Waals surface area contributed by atoms with Crippen LogP contribution in [0.4, 0.5) is 10.1 Å². The molecule has 0 saturated carbocycles. The summed E-state index contributed by atoms with van der Waals surface area (Å²) >= 11 is 0. The van der Waals surface area contributed by atoms with E-state index in [-0.39, 0.29) is 5.82 Å². The van der Waals surface area contributed by atoms with Crippen LogP contribution >= 0.6 is 0 Å². The van der Waals surface area contributed by atoms with Gasteiger partial charge < -0.3 is 10.0 Å². The molecule has 4 nitrogen and oxygen atoms in total. The molecular weight excluding hydrogens is 247 g/mol. The summed E-state index contributed by atoms with van der Waals surface area (Å²) < 4.78 is 13.7. The summed E-state index contributed by atoms with van der Waals surface area (Å²) in [5.74, 6) is -0.997. The smallest absolute Gasteiger partial charge is 0.320 e. The molecule has 1 aromatic carbocycles. The molecule has 0 radical (unpaired) electrons. The van der Waals surface area contributed by atoms with E-state index in [0.29, 0.717) is 38.3 Å². The molecule has 1 fully saturated rings. The van der Waals surface area contributed by atoms with Gasteiger partial charge in [-0.25, -0.2) is 4.39 Å². The molecule has 19 heavy (non-hydrogen) atoms. The van der Waals surface area contributed by atoms with Crippen molar-refractivity contribution in [1.29, 1.82) is 0 Å². The van der Waals surface area contributed by atoms with E-state index in [9.17, 15) is 9.18 Å². The monoisotopic (exact) mass is 266 g/mol. The fraction of sp³-hybridized carbons (Fsp3) is 0.500. The van der Waals surface area contributed by atoms with E-state index in [4.69, 9.17) is 5.11 Å². The molecule has 104 valence electrons. The van der Waals surface area contributed by atoms with Crippen LogP contribution in [0.25, 0.3) is 0 Å². The predicted molar refractivity (Wildman–Crippen MR) is 71.9 cm³/mol. The quantitative estimate of drug-likeness (QED) is 0.902. The Kier molecular flexibility index (Phi) is 4.37. The number of piperazine rings is 1. The third-order valence-corrected chi connectivity index (χ3v) is 3.62. The zero-order chi connectivity index (χ0) is 13.8. The maximum atomic E-state index is 13.7. The van der Waals surface area contributed by atoms with Crippen LogP contribution in [0, 0.1) is 5.82 Å². The van der Waals surface area contributed by atoms with E-state index in [1.54, 1.807) is 12.1 Å². The van der Waals surface area contributed by atoms with Gasteiger partial charge in [0.05, 0.1) is 5.69 Å². The topological polar surface area (TPSA) is 43.8 Å². The molecule has 1 aromatic rings. The molecule has 1 N–H and O–H groups in total. The summed E-state index contributed by atoms with van der Waals surface area (Å²) in [6.45, 7) is 4.50. The third kappa shape index (κ3) is 3.04. The molecule has 5 heteroatoms. The Labute approximate surface area is 112 Å². The number of carbonyl (C=O) groups is 1. The molecule has 1 aliphatic rings. The Hall–Kier alpha value is -1.62. The summed E-state index contributed by atoms with van der Waals surface area (Å²) in [4.78, 5) is 15.1. The van der Waals surface area contributed by atoms with Crippen LogP contribution in [0.5, 0.6) is 0 Å². The van der Waals surface area contributed by atoms with Crippen molar-refractivity contribution in [3.8, 4) is 0 Å². The molecular formula is C14H19FN2O2. The van der Waals surface area contributed by atoms with Crippen LogP contribution in [-0.2, 0) is 4.79 Å². The van der Waals surface area contributed by atoms with Crippen molar-refractivity contribution in [2.24, 2.45) is 0 Å². The summed E-state index contributed by atoms with van der Waals surface area (Å²) in [6.07, 6.45) is 0.592. The van der Waals surface area contributed by atoms with E-state index in [2.05, 4.69) is 0 Å². The Balaban J connectivity index is 2.00. The molecule has 0 unspecified atom stereocenters. The van der Waals surface area contributed by atoms with E-state index >= 15 is 0 Å². The summed E-state index contributed by atoms with van der Waals surface area (Å²) in [6, 6.07) is 6.28. The zero-order valence-corrected chi connectivity index (χ0v) is 11.1. The highest BCUT2D eigenvalue weighted by Crippen LogP contribution is 2.21. The van der Waals surface area contributed by atoms with Crippen LogP contribution in [0.2, 0.25) is 0 Å². The van der Waals surface area contributed by atoms with Gasteiger partial charge in [-0.05, 0) is 18.6 Å². The van der Waals surface area contributed by atoms with Gasteiger partial charge >= 0.3 is 5.97 Å². The van der Waals surface area contributed by atoms with Gasteiger partial charge in [-0.3, -0.25) is 9.69 Å². The molecule has 1 saturated heterocycles. The Morgan fingerprint density at radius 2 is 1.95 bits per heavy atom. The normalized spacial score (nSPS) is 18.3. The highest BCUT2D eigenvalue weighted by molar-refractivity contribution is 5.73. The Morgan fingerprint density at radius 3 is 2.47 bits per heavy atom. The first kappa shape index (κ1) is 13.8. The van der Waals surface area contributed by atoms with Gasteiger partial charge in [0.1, 0.15) is 11.9 Å². The number of carboxylic acid groups (broad SMARTS) is 1. The Bertz CT molecular complexity index is 445. The highest BCUT2D eigenvalue weighted by Gasteiger charge is 2.27. The van der Waals surface area contributed by atoms with Gasteiger partial charge in [-0.2, -0.15) is 0 Å². The third-order valence-electron chi connectivity index (χ3n) is 3.62. The number of benzene rings is 1. The lowest BCUT2D eigenvalue weighted by Crippen LogP contribution is -2.52. The standard InChI is InChI=1S/C14H19FN2O2/c1-2-12(14(18)19)16-7-9-17(10-8-16)13-6-4-3-5-11(13)15/h3-6,12H,2,7-10H2,1H3,(H,18,19)/t12-/m1/s1. The number of carboxylic acids is 1. The van der Waals surface area contributed by atoms with Crippen LogP contribution in [-0.4, -0.2) is 48.2 Å². The largest absolute Gasteiger partial charge is 0.480 e. The number of anilines is 1. The lowest BCUT2D eigenvalue weighted by Gasteiger charge is -2.38. The molecule has 0 aliphatic carbocycles. The molecule has 0 aromatic heterocycles. The predicted octanol–water partition coefficient (Wildman–Crippen LogP) is 1.81. The van der Waals surface area contributed by atoms with Crippen molar-refractivity contribution in [1.82, 2.24) is 4.90 Å². The maximum Gasteiger partial charge on any atom is 0.320 e. The minimum absolute atomic E-state index is 0.221. The summed E-state index contributed by atoms with van der Waals surface area (Å²) in [5.41, 5.74) is 0.602. The Morgan fingerprint density at radius 1 is 1.32 bits per heavy atom. The summed E-state index contributed by atoms with van der Waals surface area (Å²) in [7, 11) is 0. The zero-order valence-electron chi connectivity index (χ0n) is 11.1. The van der Waals surface area contributed by atoms with Crippen molar-refractivity contribution in [2.75, 3.05) is 31.1 Å². The average molecular weight is 266 g/mol. The van der Waals surface area contributed by atoms with E-state index in [0.717, 1.165) is 0 Å². The van der Waals surface area contributed by atoms with E-state index in [1.165, 1.54) is 6.07 Å². The summed E-state index contributed by atoms with van der Waals surface area (Å²) in [5, 5.41) is 9.14. The van der Waals surface area contributed by atoms with Crippen molar-refractivity contribution >= 4 is 11.7 Å². The molecule has 1 atom stereocenters. The minimum atomic E-state index is -0.776. The van der Waals surface area contributed by atoms with Gasteiger partial charge in [-0.1, -0.05) is 19.1 Å². The lowest BCUT2D eigenvalue weighted by atomic mass is 10.1. The fourth-order valence-corrected chi connectivity index (χ4v) is 2.57. The van der Waals surface area contributed by atoms with Gasteiger partial charge in [0.15, 0.2) is 0 Å². The van der Waals surface area contributed by atoms with Crippen molar-refractivity contribution in [2.45, 2.75) is 19.4 Å². The van der Waals surface area contributed by atoms with E-state index in [1.807, 2.05) is 22.8 Å². The van der Waals surface area contributed by atoms with Crippen LogP contribution in [0.15, 0.2) is 24.3 Å². The second-order valence-corrected chi connectivity index (χ2v) is 4.74. The van der Waals surface area contributed by atoms with Gasteiger partial charge in [0, 0.05) is 26.2 Å². The average Bonchev–Trinajstić information content (AvgIpc) is 2.41. The number of hydrogen-bond donors (Lipinski definition) is 1. The highest BCUT2D eigenvalue weighted by atomic mass is 19.1. The first-order valence-corrected chi connectivity index (χ1v) is 6.59. The number of nitrogens with zero attached hydrogens (tertiary/aromatic N) is 2. The number of para-hydroxylation sites is 1. The van der Waals surface area contributed by atoms with E-state index < -0.39 is 12.0 Å². The SMILES string of the molecule is CC[C@H](C(=O)O)N1CCN(c2ccccc2F)CC1. The van der Waals surface area contributed by atoms with Gasteiger partial charge in [-0.15, -0.1) is 0 Å². The van der Waals surface area contributed by atoms with Crippen molar-refractivity contribution < 1.29 is 14.3 Å². The second-order valence-electron chi connectivity index (χ2n) is 4.74. The molecule has 0 amide bonds. The van der Waals surface area contributed by atoms with Gasteiger partial charge in [0.2, 0.25) is 0 Å². The molecule has 1 heterocycles. The van der Waals surface area contributed by atoms with Crippen LogP contribution in [0.1, 0.15) is 13.3 Å². The van der Waals surface area contributed by atoms with Crippen LogP contribution < -0.4 is 4.90 Å². The van der Waals surface area contributed by atoms with Crippen molar-refractivity contribution in [3.63, 3.8) is 0 Å². The lowest BCUT2D eigenvalue weighted by molar-refractivity contribution is -0.143. The van der Waals surface area contributed by atoms with Crippen molar-refractivity contribution in [3.05, 3.63) is 30.1 Å². The van der Waals surface area contributed by atoms with Crippen LogP contribution in [0.3, 0.4) is 0 Å². The molecule has 0 spiro atoms. The number of hydrogen-bond acceptors (Lipinski definition) is 3.